The Hall–Kier alpha value is -2.92. The third-order valence-electron chi connectivity index (χ3n) is 4.58. The summed E-state index contributed by atoms with van der Waals surface area (Å²) < 4.78 is 6.86. The molecule has 0 spiro atoms. The lowest BCUT2D eigenvalue weighted by molar-refractivity contribution is 0.0718. The van der Waals surface area contributed by atoms with Gasteiger partial charge in [-0.1, -0.05) is 29.8 Å². The number of esters is 1. The van der Waals surface area contributed by atoms with Gasteiger partial charge in [-0.2, -0.15) is 5.10 Å². The first-order valence-electron chi connectivity index (χ1n) is 8.41. The van der Waals surface area contributed by atoms with Gasteiger partial charge in [-0.3, -0.25) is 4.79 Å². The monoisotopic (exact) mass is 382 g/mol. The highest BCUT2D eigenvalue weighted by molar-refractivity contribution is 6.32. The molecule has 3 rings (SSSR count). The molecule has 0 aliphatic carbocycles. The van der Waals surface area contributed by atoms with E-state index in [0.29, 0.717) is 16.1 Å². The largest absolute Gasteiger partial charge is 0.403 e. The number of carbonyl (C=O) groups is 2. The number of carbonyl (C=O) groups excluding carboxylic acids is 2. The van der Waals surface area contributed by atoms with Crippen LogP contribution in [0.2, 0.25) is 5.02 Å². The highest BCUT2D eigenvalue weighted by Crippen LogP contribution is 2.30. The Morgan fingerprint density at radius 2 is 1.70 bits per heavy atom. The number of hydrogen-bond acceptors (Lipinski definition) is 4. The number of nitrogens with zero attached hydrogens (tertiary/aromatic N) is 2. The van der Waals surface area contributed by atoms with E-state index < -0.39 is 5.97 Å². The summed E-state index contributed by atoms with van der Waals surface area (Å²) in [7, 11) is 1.62. The molecular formula is C21H19ClN2O3. The Bertz CT molecular complexity index is 1040. The van der Waals surface area contributed by atoms with Crippen molar-refractivity contribution in [2.45, 2.75) is 20.8 Å². The smallest absolute Gasteiger partial charge is 0.344 e. The number of halogens is 1. The Morgan fingerprint density at radius 1 is 1.04 bits per heavy atom. The molecule has 1 aromatic heterocycles. The Labute approximate surface area is 162 Å². The van der Waals surface area contributed by atoms with Crippen LogP contribution in [0.3, 0.4) is 0 Å². The van der Waals surface area contributed by atoms with Crippen LogP contribution in [0, 0.1) is 20.8 Å². The maximum Gasteiger partial charge on any atom is 0.344 e. The van der Waals surface area contributed by atoms with Crippen molar-refractivity contribution in [2.75, 3.05) is 0 Å². The van der Waals surface area contributed by atoms with Gasteiger partial charge in [0.25, 0.3) is 0 Å². The maximum atomic E-state index is 13.1. The van der Waals surface area contributed by atoms with E-state index in [-0.39, 0.29) is 17.2 Å². The molecule has 27 heavy (non-hydrogen) atoms. The fourth-order valence-corrected chi connectivity index (χ4v) is 3.05. The second-order valence-electron chi connectivity index (χ2n) is 6.38. The summed E-state index contributed by atoms with van der Waals surface area (Å²) in [5.74, 6) is -0.703. The van der Waals surface area contributed by atoms with Gasteiger partial charge in [-0.05, 0) is 55.7 Å². The summed E-state index contributed by atoms with van der Waals surface area (Å²) >= 11 is 6.28. The van der Waals surface area contributed by atoms with E-state index in [1.165, 1.54) is 10.9 Å². The molecule has 0 unspecified atom stereocenters. The van der Waals surface area contributed by atoms with Crippen LogP contribution < -0.4 is 4.74 Å². The molecule has 0 aliphatic rings. The molecule has 5 nitrogen and oxygen atoms in total. The van der Waals surface area contributed by atoms with Gasteiger partial charge < -0.3 is 4.74 Å². The van der Waals surface area contributed by atoms with Crippen LogP contribution in [-0.4, -0.2) is 21.5 Å². The first-order chi connectivity index (χ1) is 12.8. The zero-order valence-electron chi connectivity index (χ0n) is 15.5. The molecule has 0 aliphatic heterocycles. The van der Waals surface area contributed by atoms with Gasteiger partial charge in [0.05, 0.1) is 11.8 Å². The highest BCUT2D eigenvalue weighted by Gasteiger charge is 2.24. The van der Waals surface area contributed by atoms with E-state index >= 15 is 0 Å². The topological polar surface area (TPSA) is 61.2 Å². The molecule has 2 aromatic carbocycles. The van der Waals surface area contributed by atoms with E-state index in [1.54, 1.807) is 37.4 Å². The fourth-order valence-electron chi connectivity index (χ4n) is 2.86. The number of aryl methyl sites for hydroxylation is 2. The molecule has 1 heterocycles. The normalized spacial score (nSPS) is 10.7. The summed E-state index contributed by atoms with van der Waals surface area (Å²) in [6.45, 7) is 5.58. The van der Waals surface area contributed by atoms with Crippen LogP contribution >= 0.6 is 11.6 Å². The van der Waals surface area contributed by atoms with Gasteiger partial charge in [-0.25, -0.2) is 9.48 Å². The molecule has 0 saturated carbocycles. The summed E-state index contributed by atoms with van der Waals surface area (Å²) in [6, 6.07) is 10.3. The predicted octanol–water partition coefficient (Wildman–Crippen LogP) is 4.45. The Kier molecular flexibility index (Phi) is 5.15. The standard InChI is InChI=1S/C21H19ClN2O3/c1-12-10-16(13(2)14(3)18(12)22)19(25)17-11-23-24(4)20(17)27-21(26)15-8-6-5-7-9-15/h5-11H,1-4H3. The summed E-state index contributed by atoms with van der Waals surface area (Å²) in [4.78, 5) is 25.6. The summed E-state index contributed by atoms with van der Waals surface area (Å²) in [5, 5.41) is 4.74. The molecule has 138 valence electrons. The van der Waals surface area contributed by atoms with Crippen molar-refractivity contribution in [3.63, 3.8) is 0 Å². The van der Waals surface area contributed by atoms with Gasteiger partial charge in [0, 0.05) is 17.6 Å². The first-order valence-corrected chi connectivity index (χ1v) is 8.79. The quantitative estimate of drug-likeness (QED) is 0.494. The molecule has 0 atom stereocenters. The SMILES string of the molecule is Cc1cc(C(=O)c2cnn(C)c2OC(=O)c2ccccc2)c(C)c(C)c1Cl. The molecule has 6 heteroatoms. The van der Waals surface area contributed by atoms with E-state index in [0.717, 1.165) is 16.7 Å². The van der Waals surface area contributed by atoms with E-state index in [4.69, 9.17) is 16.3 Å². The average molecular weight is 383 g/mol. The van der Waals surface area contributed by atoms with Crippen molar-refractivity contribution >= 4 is 23.4 Å². The Balaban J connectivity index is 2.00. The minimum absolute atomic E-state index is 0.110. The van der Waals surface area contributed by atoms with Gasteiger partial charge in [-0.15, -0.1) is 0 Å². The van der Waals surface area contributed by atoms with Gasteiger partial charge in [0.2, 0.25) is 5.88 Å². The van der Waals surface area contributed by atoms with Crippen LogP contribution in [0.15, 0.2) is 42.6 Å². The zero-order chi connectivity index (χ0) is 19.7. The maximum absolute atomic E-state index is 13.1. The molecule has 3 aromatic rings. The van der Waals surface area contributed by atoms with Gasteiger partial charge >= 0.3 is 5.97 Å². The van der Waals surface area contributed by atoms with E-state index in [9.17, 15) is 9.59 Å². The number of ketones is 1. The van der Waals surface area contributed by atoms with Crippen molar-refractivity contribution < 1.29 is 14.3 Å². The minimum Gasteiger partial charge on any atom is -0.403 e. The van der Waals surface area contributed by atoms with Gasteiger partial charge in [0.15, 0.2) is 5.78 Å². The van der Waals surface area contributed by atoms with Gasteiger partial charge in [0.1, 0.15) is 5.56 Å². The first kappa shape index (κ1) is 18.9. The molecule has 0 bridgehead atoms. The third-order valence-corrected chi connectivity index (χ3v) is 5.16. The minimum atomic E-state index is -0.548. The van der Waals surface area contributed by atoms with Crippen LogP contribution in [0.1, 0.15) is 43.0 Å². The molecule has 0 fully saturated rings. The van der Waals surface area contributed by atoms with Crippen LogP contribution in [0.5, 0.6) is 5.88 Å². The molecular weight excluding hydrogens is 364 g/mol. The second kappa shape index (κ2) is 7.37. The Morgan fingerprint density at radius 3 is 2.37 bits per heavy atom. The highest BCUT2D eigenvalue weighted by atomic mass is 35.5. The van der Waals surface area contributed by atoms with E-state index in [2.05, 4.69) is 5.10 Å². The molecule has 0 N–H and O–H groups in total. The van der Waals surface area contributed by atoms with Crippen molar-refractivity contribution in [1.29, 1.82) is 0 Å². The van der Waals surface area contributed by atoms with Crippen molar-refractivity contribution in [3.05, 3.63) is 81.0 Å². The number of hydrogen-bond donors (Lipinski definition) is 0. The number of aromatic nitrogens is 2. The lowest BCUT2D eigenvalue weighted by Gasteiger charge is -2.12. The summed E-state index contributed by atoms with van der Waals surface area (Å²) in [5.41, 5.74) is 3.60. The lowest BCUT2D eigenvalue weighted by atomic mass is 9.95. The van der Waals surface area contributed by atoms with E-state index in [1.807, 2.05) is 26.8 Å². The number of rotatable bonds is 4. The predicted molar refractivity (Wildman–Crippen MR) is 104 cm³/mol. The number of ether oxygens (including phenoxy) is 1. The van der Waals surface area contributed by atoms with Crippen molar-refractivity contribution in [1.82, 2.24) is 9.78 Å². The third kappa shape index (κ3) is 3.51. The lowest BCUT2D eigenvalue weighted by Crippen LogP contribution is -2.14. The van der Waals surface area contributed by atoms with Crippen LogP contribution in [0.4, 0.5) is 0 Å². The van der Waals surface area contributed by atoms with Crippen LogP contribution in [-0.2, 0) is 7.05 Å². The number of benzene rings is 2. The summed E-state index contributed by atoms with van der Waals surface area (Å²) in [6.07, 6.45) is 1.41. The second-order valence-corrected chi connectivity index (χ2v) is 6.75. The average Bonchev–Trinajstić information content (AvgIpc) is 3.03. The molecule has 0 radical (unpaired) electrons. The fraction of sp³-hybridized carbons (Fsp3) is 0.190. The molecule has 0 saturated heterocycles. The van der Waals surface area contributed by atoms with Crippen molar-refractivity contribution in [3.8, 4) is 5.88 Å². The molecule has 0 amide bonds. The van der Waals surface area contributed by atoms with Crippen molar-refractivity contribution in [2.24, 2.45) is 7.05 Å². The van der Waals surface area contributed by atoms with Crippen LogP contribution in [0.25, 0.3) is 0 Å². The zero-order valence-corrected chi connectivity index (χ0v) is 16.3.